The highest BCUT2D eigenvalue weighted by molar-refractivity contribution is 9.10. The van der Waals surface area contributed by atoms with Crippen LogP contribution in [0.25, 0.3) is 0 Å². The Labute approximate surface area is 161 Å². The van der Waals surface area contributed by atoms with E-state index >= 15 is 0 Å². The SMILES string of the molecule is C[C@H](NC(=O)c1ccc(Cn2cc(Br)cn2)cc1)C(=O)N1CCCCC1. The molecule has 7 heteroatoms. The summed E-state index contributed by atoms with van der Waals surface area (Å²) in [5.41, 5.74) is 1.60. The van der Waals surface area contributed by atoms with Crippen LogP contribution in [0.5, 0.6) is 0 Å². The number of nitrogens with one attached hydrogen (secondary N) is 1. The summed E-state index contributed by atoms with van der Waals surface area (Å²) < 4.78 is 2.75. The standard InChI is InChI=1S/C19H23BrN4O2/c1-14(19(26)23-9-3-2-4-10-23)22-18(25)16-7-5-15(6-8-16)12-24-13-17(20)11-21-24/h5-8,11,13-14H,2-4,9-10,12H2,1H3,(H,22,25)/t14-/m0/s1. The highest BCUT2D eigenvalue weighted by atomic mass is 79.9. The van der Waals surface area contributed by atoms with E-state index in [1.807, 2.05) is 27.9 Å². The molecule has 1 saturated heterocycles. The second kappa shape index (κ2) is 8.49. The van der Waals surface area contributed by atoms with E-state index in [0.29, 0.717) is 12.1 Å². The topological polar surface area (TPSA) is 67.2 Å². The molecule has 0 spiro atoms. The molecule has 1 aromatic carbocycles. The number of halogens is 1. The van der Waals surface area contributed by atoms with E-state index in [1.165, 1.54) is 6.42 Å². The molecule has 26 heavy (non-hydrogen) atoms. The number of carbonyl (C=O) groups is 2. The molecule has 1 aliphatic rings. The van der Waals surface area contributed by atoms with E-state index in [2.05, 4.69) is 26.3 Å². The molecule has 0 radical (unpaired) electrons. The molecule has 2 heterocycles. The normalized spacial score (nSPS) is 15.5. The summed E-state index contributed by atoms with van der Waals surface area (Å²) in [4.78, 5) is 26.7. The van der Waals surface area contributed by atoms with Crippen LogP contribution in [-0.4, -0.2) is 45.6 Å². The number of nitrogens with zero attached hydrogens (tertiary/aromatic N) is 3. The van der Waals surface area contributed by atoms with Crippen LogP contribution in [0.3, 0.4) is 0 Å². The van der Waals surface area contributed by atoms with Gasteiger partial charge in [0.05, 0.1) is 17.2 Å². The van der Waals surface area contributed by atoms with E-state index in [9.17, 15) is 9.59 Å². The largest absolute Gasteiger partial charge is 0.341 e. The lowest BCUT2D eigenvalue weighted by atomic mass is 10.1. The second-order valence-corrected chi connectivity index (χ2v) is 7.55. The van der Waals surface area contributed by atoms with Gasteiger partial charge in [0.15, 0.2) is 0 Å². The van der Waals surface area contributed by atoms with Crippen LogP contribution in [0, 0.1) is 0 Å². The van der Waals surface area contributed by atoms with Crippen LogP contribution in [-0.2, 0) is 11.3 Å². The lowest BCUT2D eigenvalue weighted by molar-refractivity contribution is -0.133. The fraction of sp³-hybridized carbons (Fsp3) is 0.421. The third-order valence-electron chi connectivity index (χ3n) is 4.55. The van der Waals surface area contributed by atoms with Crippen molar-refractivity contribution in [3.8, 4) is 0 Å². The van der Waals surface area contributed by atoms with Gasteiger partial charge in [-0.2, -0.15) is 5.10 Å². The van der Waals surface area contributed by atoms with Gasteiger partial charge in [-0.3, -0.25) is 14.3 Å². The smallest absolute Gasteiger partial charge is 0.251 e. The Kier molecular flexibility index (Phi) is 6.08. The zero-order chi connectivity index (χ0) is 18.5. The van der Waals surface area contributed by atoms with Crippen molar-refractivity contribution in [2.75, 3.05) is 13.1 Å². The zero-order valence-electron chi connectivity index (χ0n) is 14.8. The third kappa shape index (κ3) is 4.72. The first-order valence-electron chi connectivity index (χ1n) is 8.89. The highest BCUT2D eigenvalue weighted by Gasteiger charge is 2.23. The molecule has 138 valence electrons. The molecule has 1 N–H and O–H groups in total. The molecule has 0 bridgehead atoms. The number of carbonyl (C=O) groups excluding carboxylic acids is 2. The number of likely N-dealkylation sites (tertiary alicyclic amines) is 1. The Morgan fingerprint density at radius 2 is 1.88 bits per heavy atom. The Bertz CT molecular complexity index is 766. The molecule has 1 aliphatic heterocycles. The van der Waals surface area contributed by atoms with Crippen LogP contribution in [0.4, 0.5) is 0 Å². The van der Waals surface area contributed by atoms with Crippen molar-refractivity contribution in [1.82, 2.24) is 20.0 Å². The fourth-order valence-electron chi connectivity index (χ4n) is 3.10. The molecular weight excluding hydrogens is 396 g/mol. The van der Waals surface area contributed by atoms with Crippen LogP contribution in [0.15, 0.2) is 41.1 Å². The van der Waals surface area contributed by atoms with Gasteiger partial charge in [-0.05, 0) is 59.8 Å². The van der Waals surface area contributed by atoms with Gasteiger partial charge in [-0.15, -0.1) is 0 Å². The maximum Gasteiger partial charge on any atom is 0.251 e. The number of hydrogen-bond acceptors (Lipinski definition) is 3. The Hall–Kier alpha value is -2.15. The first kappa shape index (κ1) is 18.6. The number of rotatable bonds is 5. The van der Waals surface area contributed by atoms with Crippen LogP contribution >= 0.6 is 15.9 Å². The minimum atomic E-state index is -0.512. The molecule has 0 saturated carbocycles. The van der Waals surface area contributed by atoms with Crippen molar-refractivity contribution in [3.05, 3.63) is 52.3 Å². The maximum absolute atomic E-state index is 12.4. The lowest BCUT2D eigenvalue weighted by Gasteiger charge is -2.29. The molecule has 6 nitrogen and oxygen atoms in total. The van der Waals surface area contributed by atoms with Crippen molar-refractivity contribution in [3.63, 3.8) is 0 Å². The monoisotopic (exact) mass is 418 g/mol. The fourth-order valence-corrected chi connectivity index (χ4v) is 3.43. The molecular formula is C19H23BrN4O2. The Balaban J connectivity index is 1.56. The Morgan fingerprint density at radius 3 is 2.50 bits per heavy atom. The summed E-state index contributed by atoms with van der Waals surface area (Å²) in [6, 6.07) is 6.85. The first-order valence-corrected chi connectivity index (χ1v) is 9.69. The van der Waals surface area contributed by atoms with Gasteiger partial charge in [0.2, 0.25) is 5.91 Å². The Morgan fingerprint density at radius 1 is 1.19 bits per heavy atom. The number of piperidine rings is 1. The maximum atomic E-state index is 12.4. The number of benzene rings is 1. The van der Waals surface area contributed by atoms with Gasteiger partial charge in [-0.1, -0.05) is 12.1 Å². The van der Waals surface area contributed by atoms with Crippen molar-refractivity contribution < 1.29 is 9.59 Å². The van der Waals surface area contributed by atoms with Crippen LogP contribution in [0.2, 0.25) is 0 Å². The molecule has 2 amide bonds. The average Bonchev–Trinajstić information content (AvgIpc) is 3.07. The lowest BCUT2D eigenvalue weighted by Crippen LogP contribution is -2.48. The summed E-state index contributed by atoms with van der Waals surface area (Å²) in [5, 5.41) is 7.03. The second-order valence-electron chi connectivity index (χ2n) is 6.63. The van der Waals surface area contributed by atoms with Crippen molar-refractivity contribution in [2.24, 2.45) is 0 Å². The van der Waals surface area contributed by atoms with E-state index in [0.717, 1.165) is 36.0 Å². The van der Waals surface area contributed by atoms with Gasteiger partial charge in [0.25, 0.3) is 5.91 Å². The molecule has 1 aromatic heterocycles. The summed E-state index contributed by atoms with van der Waals surface area (Å²) in [6.45, 7) is 3.96. The van der Waals surface area contributed by atoms with Gasteiger partial charge in [0.1, 0.15) is 6.04 Å². The van der Waals surface area contributed by atoms with E-state index in [1.54, 1.807) is 25.3 Å². The summed E-state index contributed by atoms with van der Waals surface area (Å²) in [5.74, 6) is -0.227. The molecule has 2 aromatic rings. The summed E-state index contributed by atoms with van der Waals surface area (Å²) in [7, 11) is 0. The minimum Gasteiger partial charge on any atom is -0.341 e. The number of hydrogen-bond donors (Lipinski definition) is 1. The predicted molar refractivity (Wildman–Crippen MR) is 103 cm³/mol. The average molecular weight is 419 g/mol. The highest BCUT2D eigenvalue weighted by Crippen LogP contribution is 2.12. The summed E-state index contributed by atoms with van der Waals surface area (Å²) >= 11 is 3.37. The minimum absolute atomic E-state index is 0.000991. The number of amides is 2. The van der Waals surface area contributed by atoms with Gasteiger partial charge >= 0.3 is 0 Å². The quantitative estimate of drug-likeness (QED) is 0.811. The molecule has 1 atom stereocenters. The zero-order valence-corrected chi connectivity index (χ0v) is 16.4. The molecule has 0 aliphatic carbocycles. The van der Waals surface area contributed by atoms with E-state index in [4.69, 9.17) is 0 Å². The molecule has 0 unspecified atom stereocenters. The predicted octanol–water partition coefficient (Wildman–Crippen LogP) is 2.82. The molecule has 1 fully saturated rings. The number of aromatic nitrogens is 2. The van der Waals surface area contributed by atoms with E-state index in [-0.39, 0.29) is 11.8 Å². The van der Waals surface area contributed by atoms with Crippen molar-refractivity contribution in [1.29, 1.82) is 0 Å². The first-order chi connectivity index (χ1) is 12.5. The third-order valence-corrected chi connectivity index (χ3v) is 4.96. The van der Waals surface area contributed by atoms with E-state index < -0.39 is 6.04 Å². The van der Waals surface area contributed by atoms with Crippen LogP contribution < -0.4 is 5.32 Å². The van der Waals surface area contributed by atoms with Gasteiger partial charge in [-0.25, -0.2) is 0 Å². The van der Waals surface area contributed by atoms with Crippen molar-refractivity contribution in [2.45, 2.75) is 38.8 Å². The van der Waals surface area contributed by atoms with Crippen molar-refractivity contribution >= 4 is 27.7 Å². The van der Waals surface area contributed by atoms with Crippen LogP contribution in [0.1, 0.15) is 42.1 Å². The van der Waals surface area contributed by atoms with Gasteiger partial charge in [0, 0.05) is 24.8 Å². The summed E-state index contributed by atoms with van der Waals surface area (Å²) in [6.07, 6.45) is 6.89. The van der Waals surface area contributed by atoms with Gasteiger partial charge < -0.3 is 10.2 Å². The molecule has 3 rings (SSSR count).